The minimum Gasteiger partial charge on any atom is -0.468 e. The highest BCUT2D eigenvalue weighted by molar-refractivity contribution is 5.81. The van der Waals surface area contributed by atoms with Crippen molar-refractivity contribution in [2.45, 2.75) is 57.2 Å². The van der Waals surface area contributed by atoms with Gasteiger partial charge in [0.1, 0.15) is 6.04 Å². The number of aliphatic hydroxyl groups is 1. The van der Waals surface area contributed by atoms with E-state index in [0.29, 0.717) is 19.0 Å². The zero-order valence-corrected chi connectivity index (χ0v) is 13.8. The number of ether oxygens (including phenoxy) is 1. The minimum absolute atomic E-state index is 0.0163. The molecule has 2 rings (SSSR count). The zero-order valence-electron chi connectivity index (χ0n) is 13.8. The molecular weight excluding hydrogens is 284 g/mol. The van der Waals surface area contributed by atoms with Gasteiger partial charge in [0.2, 0.25) is 5.91 Å². The summed E-state index contributed by atoms with van der Waals surface area (Å²) in [5.74, 6) is 0.387. The summed E-state index contributed by atoms with van der Waals surface area (Å²) >= 11 is 0. The minimum atomic E-state index is -0.572. The first kappa shape index (κ1) is 17.2. The quantitative estimate of drug-likeness (QED) is 0.771. The number of amides is 1. The molecule has 0 radical (unpaired) electrons. The predicted octanol–water partition coefficient (Wildman–Crippen LogP) is 0.632. The van der Waals surface area contributed by atoms with Gasteiger partial charge in [0.15, 0.2) is 0 Å². The first-order chi connectivity index (χ1) is 10.4. The van der Waals surface area contributed by atoms with Gasteiger partial charge in [-0.1, -0.05) is 6.92 Å². The first-order valence-corrected chi connectivity index (χ1v) is 8.18. The second kappa shape index (κ2) is 7.42. The number of β-amino-alcohol motifs (C(OH)–C–C–N with tert-alkyl or cyclic N) is 1. The fourth-order valence-electron chi connectivity index (χ4n) is 3.55. The molecule has 22 heavy (non-hydrogen) atoms. The zero-order chi connectivity index (χ0) is 16.3. The normalized spacial score (nSPS) is 32.7. The second-order valence-corrected chi connectivity index (χ2v) is 6.78. The number of esters is 1. The van der Waals surface area contributed by atoms with Gasteiger partial charge < -0.3 is 14.7 Å². The number of likely N-dealkylation sites (N-methyl/N-ethyl adjacent to an activating group) is 1. The van der Waals surface area contributed by atoms with Crippen molar-refractivity contribution in [2.75, 3.05) is 27.2 Å². The Morgan fingerprint density at radius 3 is 2.50 bits per heavy atom. The molecule has 2 fully saturated rings. The molecule has 1 aliphatic carbocycles. The lowest BCUT2D eigenvalue weighted by molar-refractivity contribution is -0.147. The maximum absolute atomic E-state index is 12.5. The van der Waals surface area contributed by atoms with Crippen LogP contribution in [0, 0.1) is 5.92 Å². The van der Waals surface area contributed by atoms with E-state index < -0.39 is 12.1 Å². The summed E-state index contributed by atoms with van der Waals surface area (Å²) in [5.41, 5.74) is 0. The summed E-state index contributed by atoms with van der Waals surface area (Å²) in [6, 6.07) is -0.212. The standard InChI is InChI=1S/C16H28N2O4/c1-11-4-6-12(7-5-11)17(2)15(20)10-18-9-13(19)8-14(18)16(21)22-3/h11-14,19H,4-10H2,1-3H3/t11?,12?,13-,14-/m0/s1. The third-order valence-corrected chi connectivity index (χ3v) is 5.12. The number of nitrogens with zero attached hydrogens (tertiary/aromatic N) is 2. The van der Waals surface area contributed by atoms with E-state index in [1.54, 1.807) is 4.90 Å². The van der Waals surface area contributed by atoms with Crippen molar-refractivity contribution in [1.82, 2.24) is 9.80 Å². The summed E-state index contributed by atoms with van der Waals surface area (Å²) in [6.45, 7) is 2.77. The molecule has 0 bridgehead atoms. The van der Waals surface area contributed by atoms with E-state index >= 15 is 0 Å². The maximum Gasteiger partial charge on any atom is 0.323 e. The van der Waals surface area contributed by atoms with Crippen molar-refractivity contribution < 1.29 is 19.4 Å². The number of carbonyl (C=O) groups is 2. The Labute approximate surface area is 132 Å². The summed E-state index contributed by atoms with van der Waals surface area (Å²) < 4.78 is 4.77. The summed E-state index contributed by atoms with van der Waals surface area (Å²) in [4.78, 5) is 27.8. The number of carbonyl (C=O) groups excluding carboxylic acids is 2. The van der Waals surface area contributed by atoms with Crippen LogP contribution in [0.1, 0.15) is 39.0 Å². The molecule has 0 spiro atoms. The van der Waals surface area contributed by atoms with E-state index in [-0.39, 0.29) is 18.4 Å². The van der Waals surface area contributed by atoms with E-state index in [4.69, 9.17) is 4.74 Å². The van der Waals surface area contributed by atoms with Crippen LogP contribution in [0.5, 0.6) is 0 Å². The molecule has 1 aliphatic heterocycles. The Morgan fingerprint density at radius 2 is 1.91 bits per heavy atom. The van der Waals surface area contributed by atoms with Gasteiger partial charge in [-0.05, 0) is 31.6 Å². The average molecular weight is 312 g/mol. The van der Waals surface area contributed by atoms with Crippen molar-refractivity contribution in [1.29, 1.82) is 0 Å². The highest BCUT2D eigenvalue weighted by Gasteiger charge is 2.38. The lowest BCUT2D eigenvalue weighted by Gasteiger charge is -2.35. The highest BCUT2D eigenvalue weighted by Crippen LogP contribution is 2.27. The Bertz CT molecular complexity index is 407. The molecule has 6 nitrogen and oxygen atoms in total. The van der Waals surface area contributed by atoms with E-state index in [1.165, 1.54) is 7.11 Å². The SMILES string of the molecule is COC(=O)[C@@H]1C[C@H](O)CN1CC(=O)N(C)C1CCC(C)CC1. The molecule has 0 aromatic carbocycles. The molecule has 1 saturated carbocycles. The van der Waals surface area contributed by atoms with Gasteiger partial charge >= 0.3 is 5.97 Å². The number of methoxy groups -OCH3 is 1. The van der Waals surface area contributed by atoms with Crippen LogP contribution in [0.2, 0.25) is 0 Å². The topological polar surface area (TPSA) is 70.1 Å². The van der Waals surface area contributed by atoms with E-state index in [0.717, 1.165) is 31.6 Å². The van der Waals surface area contributed by atoms with Gasteiger partial charge in [0, 0.05) is 26.1 Å². The van der Waals surface area contributed by atoms with Crippen LogP contribution in [-0.4, -0.2) is 72.2 Å². The fourth-order valence-corrected chi connectivity index (χ4v) is 3.55. The molecule has 1 heterocycles. The van der Waals surface area contributed by atoms with Crippen LogP contribution >= 0.6 is 0 Å². The van der Waals surface area contributed by atoms with Gasteiger partial charge in [-0.25, -0.2) is 0 Å². The molecule has 2 atom stereocenters. The largest absolute Gasteiger partial charge is 0.468 e. The summed E-state index contributed by atoms with van der Waals surface area (Å²) in [7, 11) is 3.19. The highest BCUT2D eigenvalue weighted by atomic mass is 16.5. The number of aliphatic hydroxyl groups excluding tert-OH is 1. The molecule has 1 N–H and O–H groups in total. The van der Waals surface area contributed by atoms with Gasteiger partial charge in [-0.3, -0.25) is 14.5 Å². The van der Waals surface area contributed by atoms with Crippen molar-refractivity contribution >= 4 is 11.9 Å². The van der Waals surface area contributed by atoms with Crippen LogP contribution in [0.15, 0.2) is 0 Å². The lowest BCUT2D eigenvalue weighted by Crippen LogP contribution is -2.47. The number of hydrogen-bond acceptors (Lipinski definition) is 5. The molecule has 6 heteroatoms. The third kappa shape index (κ3) is 3.98. The van der Waals surface area contributed by atoms with Crippen LogP contribution in [0.4, 0.5) is 0 Å². The van der Waals surface area contributed by atoms with E-state index in [2.05, 4.69) is 6.92 Å². The molecule has 126 valence electrons. The molecule has 1 saturated heterocycles. The molecule has 2 aliphatic rings. The van der Waals surface area contributed by atoms with Gasteiger partial charge in [0.05, 0.1) is 19.8 Å². The number of likely N-dealkylation sites (tertiary alicyclic amines) is 1. The van der Waals surface area contributed by atoms with Crippen LogP contribution in [0.3, 0.4) is 0 Å². The Morgan fingerprint density at radius 1 is 1.27 bits per heavy atom. The second-order valence-electron chi connectivity index (χ2n) is 6.78. The van der Waals surface area contributed by atoms with E-state index in [9.17, 15) is 14.7 Å². The fraction of sp³-hybridized carbons (Fsp3) is 0.875. The van der Waals surface area contributed by atoms with Crippen molar-refractivity contribution in [3.63, 3.8) is 0 Å². The Hall–Kier alpha value is -1.14. The molecule has 0 aromatic rings. The van der Waals surface area contributed by atoms with Gasteiger partial charge in [0.25, 0.3) is 0 Å². The smallest absolute Gasteiger partial charge is 0.323 e. The summed E-state index contributed by atoms with van der Waals surface area (Å²) in [6.07, 6.45) is 4.19. The monoisotopic (exact) mass is 312 g/mol. The Kier molecular flexibility index (Phi) is 5.81. The number of hydrogen-bond donors (Lipinski definition) is 1. The maximum atomic E-state index is 12.5. The van der Waals surface area contributed by atoms with Crippen molar-refractivity contribution in [2.24, 2.45) is 5.92 Å². The molecular formula is C16H28N2O4. The molecule has 0 unspecified atom stereocenters. The molecule has 1 amide bonds. The average Bonchev–Trinajstić information content (AvgIpc) is 2.87. The third-order valence-electron chi connectivity index (χ3n) is 5.12. The van der Waals surface area contributed by atoms with Crippen molar-refractivity contribution in [3.05, 3.63) is 0 Å². The van der Waals surface area contributed by atoms with Crippen molar-refractivity contribution in [3.8, 4) is 0 Å². The number of rotatable bonds is 4. The first-order valence-electron chi connectivity index (χ1n) is 8.18. The van der Waals surface area contributed by atoms with Crippen LogP contribution in [0.25, 0.3) is 0 Å². The van der Waals surface area contributed by atoms with E-state index in [1.807, 2.05) is 11.9 Å². The van der Waals surface area contributed by atoms with Gasteiger partial charge in [-0.2, -0.15) is 0 Å². The predicted molar refractivity (Wildman–Crippen MR) is 82.2 cm³/mol. The molecule has 0 aromatic heterocycles. The van der Waals surface area contributed by atoms with Gasteiger partial charge in [-0.15, -0.1) is 0 Å². The van der Waals surface area contributed by atoms with Crippen LogP contribution < -0.4 is 0 Å². The van der Waals surface area contributed by atoms with Crippen LogP contribution in [-0.2, 0) is 14.3 Å². The summed E-state index contributed by atoms with van der Waals surface area (Å²) in [5, 5.41) is 9.77. The Balaban J connectivity index is 1.91. The lowest BCUT2D eigenvalue weighted by atomic mass is 9.87.